The first-order valence-corrected chi connectivity index (χ1v) is 5.98. The summed E-state index contributed by atoms with van der Waals surface area (Å²) in [6, 6.07) is 5.89. The molecule has 2 rings (SSSR count). The first-order chi connectivity index (χ1) is 9.40. The van der Waals surface area contributed by atoms with Crippen molar-refractivity contribution in [2.45, 2.75) is 19.8 Å². The van der Waals surface area contributed by atoms with E-state index in [1.165, 1.54) is 29.1 Å². The molecule has 0 amide bonds. The smallest absolute Gasteiger partial charge is 0.339 e. The Morgan fingerprint density at radius 1 is 1.45 bits per heavy atom. The molecule has 1 heterocycles. The molecule has 0 aliphatic rings. The van der Waals surface area contributed by atoms with Crippen LogP contribution in [0.15, 0.2) is 30.5 Å². The molecule has 0 bridgehead atoms. The molecule has 0 unspecified atom stereocenters. The first-order valence-electron chi connectivity index (χ1n) is 5.98. The van der Waals surface area contributed by atoms with Gasteiger partial charge in [0.25, 0.3) is 5.69 Å². The van der Waals surface area contributed by atoms with Gasteiger partial charge in [-0.15, -0.1) is 0 Å². The number of carboxylic acids is 1. The number of nitrogens with zero attached hydrogens (tertiary/aromatic N) is 3. The van der Waals surface area contributed by atoms with Crippen LogP contribution in [-0.2, 0) is 0 Å². The molecular weight excluding hydrogens is 262 g/mol. The number of hydrogen-bond acceptors (Lipinski definition) is 4. The van der Waals surface area contributed by atoms with Gasteiger partial charge in [-0.05, 0) is 12.0 Å². The SMILES string of the molecule is CC(C)c1nn(-c2cccc([N+](=O)[O-])c2)cc1C(=O)O. The van der Waals surface area contributed by atoms with Crippen molar-refractivity contribution in [3.63, 3.8) is 0 Å². The number of hydrogen-bond donors (Lipinski definition) is 1. The highest BCUT2D eigenvalue weighted by molar-refractivity contribution is 5.89. The average molecular weight is 275 g/mol. The lowest BCUT2D eigenvalue weighted by Crippen LogP contribution is -2.01. The van der Waals surface area contributed by atoms with Crippen molar-refractivity contribution >= 4 is 11.7 Å². The highest BCUT2D eigenvalue weighted by Gasteiger charge is 2.19. The Labute approximate surface area is 114 Å². The van der Waals surface area contributed by atoms with Gasteiger partial charge in [0.1, 0.15) is 5.56 Å². The van der Waals surface area contributed by atoms with Crippen LogP contribution in [-0.4, -0.2) is 25.8 Å². The van der Waals surface area contributed by atoms with E-state index in [1.807, 2.05) is 13.8 Å². The van der Waals surface area contributed by atoms with Gasteiger partial charge in [0.15, 0.2) is 0 Å². The van der Waals surface area contributed by atoms with Crippen LogP contribution in [0.3, 0.4) is 0 Å². The van der Waals surface area contributed by atoms with Crippen LogP contribution in [0.2, 0.25) is 0 Å². The van der Waals surface area contributed by atoms with E-state index >= 15 is 0 Å². The van der Waals surface area contributed by atoms with Crippen LogP contribution < -0.4 is 0 Å². The van der Waals surface area contributed by atoms with Crippen LogP contribution in [0, 0.1) is 10.1 Å². The number of aromatic carboxylic acids is 1. The summed E-state index contributed by atoms with van der Waals surface area (Å²) in [5.74, 6) is -1.12. The Balaban J connectivity index is 2.53. The second kappa shape index (κ2) is 5.12. The van der Waals surface area contributed by atoms with Crippen molar-refractivity contribution in [1.29, 1.82) is 0 Å². The van der Waals surface area contributed by atoms with E-state index in [4.69, 9.17) is 5.11 Å². The molecule has 0 aliphatic heterocycles. The minimum atomic E-state index is -1.06. The lowest BCUT2D eigenvalue weighted by Gasteiger charge is -2.02. The number of nitro groups is 1. The molecule has 0 spiro atoms. The fourth-order valence-corrected chi connectivity index (χ4v) is 1.86. The number of carbonyl (C=O) groups is 1. The Morgan fingerprint density at radius 2 is 2.15 bits per heavy atom. The summed E-state index contributed by atoms with van der Waals surface area (Å²) in [7, 11) is 0. The number of rotatable bonds is 4. The van der Waals surface area contributed by atoms with E-state index < -0.39 is 10.9 Å². The summed E-state index contributed by atoms with van der Waals surface area (Å²) in [4.78, 5) is 21.4. The molecule has 1 aromatic heterocycles. The summed E-state index contributed by atoms with van der Waals surface area (Å²) >= 11 is 0. The van der Waals surface area contributed by atoms with Gasteiger partial charge in [-0.3, -0.25) is 10.1 Å². The maximum absolute atomic E-state index is 11.2. The predicted octanol–water partition coefficient (Wildman–Crippen LogP) is 2.60. The minimum absolute atomic E-state index is 0.0546. The van der Waals surface area contributed by atoms with Crippen molar-refractivity contribution in [3.8, 4) is 5.69 Å². The predicted molar refractivity (Wildman–Crippen MR) is 71.3 cm³/mol. The first kappa shape index (κ1) is 13.7. The van der Waals surface area contributed by atoms with Crippen molar-refractivity contribution in [2.24, 2.45) is 0 Å². The number of aromatic nitrogens is 2. The summed E-state index contributed by atoms with van der Waals surface area (Å²) < 4.78 is 1.35. The van der Waals surface area contributed by atoms with Gasteiger partial charge in [-0.1, -0.05) is 19.9 Å². The van der Waals surface area contributed by atoms with Gasteiger partial charge in [-0.25, -0.2) is 9.48 Å². The van der Waals surface area contributed by atoms with Crippen molar-refractivity contribution in [2.75, 3.05) is 0 Å². The van der Waals surface area contributed by atoms with Crippen LogP contribution in [0.1, 0.15) is 35.8 Å². The largest absolute Gasteiger partial charge is 0.478 e. The molecule has 2 aromatic rings. The number of carboxylic acid groups (broad SMARTS) is 1. The Bertz CT molecular complexity index is 676. The molecule has 0 saturated heterocycles. The van der Waals surface area contributed by atoms with E-state index in [9.17, 15) is 14.9 Å². The number of nitro benzene ring substituents is 1. The molecule has 0 radical (unpaired) electrons. The third kappa shape index (κ3) is 2.51. The van der Waals surface area contributed by atoms with Gasteiger partial charge in [0, 0.05) is 18.3 Å². The lowest BCUT2D eigenvalue weighted by atomic mass is 10.1. The fraction of sp³-hybridized carbons (Fsp3) is 0.231. The molecule has 104 valence electrons. The second-order valence-corrected chi connectivity index (χ2v) is 4.61. The topological polar surface area (TPSA) is 98.3 Å². The van der Waals surface area contributed by atoms with Crippen LogP contribution in [0.25, 0.3) is 5.69 Å². The lowest BCUT2D eigenvalue weighted by molar-refractivity contribution is -0.384. The molecule has 20 heavy (non-hydrogen) atoms. The van der Waals surface area contributed by atoms with Crippen LogP contribution in [0.4, 0.5) is 5.69 Å². The molecule has 0 atom stereocenters. The Hall–Kier alpha value is -2.70. The quantitative estimate of drug-likeness (QED) is 0.683. The van der Waals surface area contributed by atoms with Crippen LogP contribution in [0.5, 0.6) is 0 Å². The van der Waals surface area contributed by atoms with Crippen molar-refractivity contribution < 1.29 is 14.8 Å². The maximum Gasteiger partial charge on any atom is 0.339 e. The third-order valence-corrected chi connectivity index (χ3v) is 2.83. The maximum atomic E-state index is 11.2. The Morgan fingerprint density at radius 3 is 2.65 bits per heavy atom. The summed E-state index contributed by atoms with van der Waals surface area (Å²) in [6.45, 7) is 3.68. The summed E-state index contributed by atoms with van der Waals surface area (Å²) in [5.41, 5.74) is 0.935. The van der Waals surface area contributed by atoms with E-state index in [-0.39, 0.29) is 17.2 Å². The molecule has 1 aromatic carbocycles. The van der Waals surface area contributed by atoms with E-state index in [1.54, 1.807) is 6.07 Å². The summed E-state index contributed by atoms with van der Waals surface area (Å²) in [5, 5.41) is 24.1. The minimum Gasteiger partial charge on any atom is -0.478 e. The molecule has 1 N–H and O–H groups in total. The molecule has 7 nitrogen and oxygen atoms in total. The van der Waals surface area contributed by atoms with Gasteiger partial charge < -0.3 is 5.11 Å². The van der Waals surface area contributed by atoms with Gasteiger partial charge in [0.05, 0.1) is 16.3 Å². The second-order valence-electron chi connectivity index (χ2n) is 4.61. The summed E-state index contributed by atoms with van der Waals surface area (Å²) in [6.07, 6.45) is 1.37. The third-order valence-electron chi connectivity index (χ3n) is 2.83. The van der Waals surface area contributed by atoms with Gasteiger partial charge in [0.2, 0.25) is 0 Å². The standard InChI is InChI=1S/C13H13N3O4/c1-8(2)12-11(13(17)18)7-15(14-12)9-4-3-5-10(6-9)16(19)20/h3-8H,1-2H3,(H,17,18). The Kier molecular flexibility index (Phi) is 3.51. The monoisotopic (exact) mass is 275 g/mol. The van der Waals surface area contributed by atoms with E-state index in [0.717, 1.165) is 0 Å². The van der Waals surface area contributed by atoms with E-state index in [2.05, 4.69) is 5.10 Å². The normalized spacial score (nSPS) is 10.8. The fourth-order valence-electron chi connectivity index (χ4n) is 1.86. The number of non-ortho nitro benzene ring substituents is 1. The van der Waals surface area contributed by atoms with Gasteiger partial charge in [-0.2, -0.15) is 5.10 Å². The molecular formula is C13H13N3O4. The highest BCUT2D eigenvalue weighted by atomic mass is 16.6. The molecule has 0 saturated carbocycles. The van der Waals surface area contributed by atoms with Crippen LogP contribution >= 0.6 is 0 Å². The van der Waals surface area contributed by atoms with Crippen molar-refractivity contribution in [3.05, 3.63) is 51.8 Å². The zero-order chi connectivity index (χ0) is 14.9. The van der Waals surface area contributed by atoms with E-state index in [0.29, 0.717) is 11.4 Å². The molecule has 0 aliphatic carbocycles. The van der Waals surface area contributed by atoms with Gasteiger partial charge >= 0.3 is 5.97 Å². The average Bonchev–Trinajstić information content (AvgIpc) is 2.84. The zero-order valence-electron chi connectivity index (χ0n) is 11.0. The molecule has 0 fully saturated rings. The zero-order valence-corrected chi connectivity index (χ0v) is 11.0. The number of benzene rings is 1. The van der Waals surface area contributed by atoms with Crippen molar-refractivity contribution in [1.82, 2.24) is 9.78 Å². The highest BCUT2D eigenvalue weighted by Crippen LogP contribution is 2.22. The molecule has 7 heteroatoms.